The molecule has 3 N–H and O–H groups in total. The van der Waals surface area contributed by atoms with Crippen molar-refractivity contribution in [3.63, 3.8) is 0 Å². The summed E-state index contributed by atoms with van der Waals surface area (Å²) in [5.41, 5.74) is 6.72. The van der Waals surface area contributed by atoms with Gasteiger partial charge in [-0.3, -0.25) is 9.48 Å². The fraction of sp³-hybridized carbons (Fsp3) is 0.571. The van der Waals surface area contributed by atoms with E-state index < -0.39 is 0 Å². The van der Waals surface area contributed by atoms with Crippen LogP contribution in [-0.2, 0) is 7.05 Å². The van der Waals surface area contributed by atoms with Crippen LogP contribution in [0, 0.1) is 0 Å². The highest BCUT2D eigenvalue weighted by Crippen LogP contribution is 2.31. The lowest BCUT2D eigenvalue weighted by molar-refractivity contribution is 0.0957. The number of aromatic nitrogens is 2. The van der Waals surface area contributed by atoms with Crippen LogP contribution < -0.4 is 11.1 Å². The van der Waals surface area contributed by atoms with Gasteiger partial charge >= 0.3 is 0 Å². The fourth-order valence-corrected chi connectivity index (χ4v) is 3.10. The van der Waals surface area contributed by atoms with E-state index in [0.717, 1.165) is 27.2 Å². The van der Waals surface area contributed by atoms with Gasteiger partial charge in [-0.05, 0) is 25.3 Å². The average molecular weight is 331 g/mol. The van der Waals surface area contributed by atoms with E-state index in [1.54, 1.807) is 0 Å². The molecule has 0 saturated heterocycles. The van der Waals surface area contributed by atoms with Gasteiger partial charge in [0.2, 0.25) is 0 Å². The Bertz CT molecular complexity index is 618. The molecule has 0 spiro atoms. The Kier molecular flexibility index (Phi) is 6.19. The Hall–Kier alpha value is -1.11. The summed E-state index contributed by atoms with van der Waals surface area (Å²) in [5, 5.41) is 8.51. The largest absolute Gasteiger partial charge is 0.351 e. The summed E-state index contributed by atoms with van der Waals surface area (Å²) in [5.74, 6) is 0.323. The van der Waals surface area contributed by atoms with Crippen LogP contribution in [0.25, 0.3) is 10.2 Å². The summed E-state index contributed by atoms with van der Waals surface area (Å²) < 4.78 is 1.86. The molecule has 21 heavy (non-hydrogen) atoms. The number of nitrogens with zero attached hydrogens (tertiary/aromatic N) is 2. The highest BCUT2D eigenvalue weighted by molar-refractivity contribution is 7.20. The standard InChI is InChI=1S/C14H22N4OS.ClH/c1-8(2)12-10-7-11(20-14(10)18(4)17-12)13(19)16-6-5-9(3)15;/h7-9H,5-6,15H2,1-4H3,(H,16,19);1H. The summed E-state index contributed by atoms with van der Waals surface area (Å²) in [4.78, 5) is 13.9. The zero-order chi connectivity index (χ0) is 14.9. The highest BCUT2D eigenvalue weighted by atomic mass is 35.5. The molecule has 0 saturated carbocycles. The minimum absolute atomic E-state index is 0. The number of carbonyl (C=O) groups is 1. The lowest BCUT2D eigenvalue weighted by atomic mass is 10.1. The van der Waals surface area contributed by atoms with E-state index in [9.17, 15) is 4.79 Å². The molecular formula is C14H23ClN4OS. The highest BCUT2D eigenvalue weighted by Gasteiger charge is 2.18. The number of hydrogen-bond acceptors (Lipinski definition) is 4. The van der Waals surface area contributed by atoms with E-state index in [2.05, 4.69) is 24.3 Å². The van der Waals surface area contributed by atoms with Gasteiger partial charge in [-0.15, -0.1) is 23.7 Å². The Morgan fingerprint density at radius 2 is 2.14 bits per heavy atom. The first-order chi connectivity index (χ1) is 9.40. The van der Waals surface area contributed by atoms with Gasteiger partial charge in [-0.1, -0.05) is 13.8 Å². The van der Waals surface area contributed by atoms with Gasteiger partial charge < -0.3 is 11.1 Å². The lowest BCUT2D eigenvalue weighted by Gasteiger charge is -2.05. The van der Waals surface area contributed by atoms with E-state index in [1.807, 2.05) is 24.7 Å². The normalized spacial score (nSPS) is 12.5. The molecule has 118 valence electrons. The Morgan fingerprint density at radius 1 is 1.48 bits per heavy atom. The number of carbonyl (C=O) groups excluding carboxylic acids is 1. The second-order valence-corrected chi connectivity index (χ2v) is 6.55. The number of fused-ring (bicyclic) bond motifs is 1. The van der Waals surface area contributed by atoms with Crippen LogP contribution in [0.1, 0.15) is 48.5 Å². The van der Waals surface area contributed by atoms with E-state index >= 15 is 0 Å². The van der Waals surface area contributed by atoms with Gasteiger partial charge in [0.1, 0.15) is 4.83 Å². The molecule has 0 aliphatic heterocycles. The molecule has 2 aromatic rings. The minimum atomic E-state index is -0.0263. The quantitative estimate of drug-likeness (QED) is 0.885. The van der Waals surface area contributed by atoms with Crippen LogP contribution in [0.3, 0.4) is 0 Å². The van der Waals surface area contributed by atoms with Crippen LogP contribution in [0.4, 0.5) is 0 Å². The second-order valence-electron chi connectivity index (χ2n) is 5.51. The molecular weight excluding hydrogens is 308 g/mol. The third-order valence-corrected chi connectivity index (χ3v) is 4.40. The molecule has 0 aliphatic rings. The summed E-state index contributed by atoms with van der Waals surface area (Å²) in [6, 6.07) is 2.05. The van der Waals surface area contributed by atoms with Crippen molar-refractivity contribution in [2.24, 2.45) is 12.8 Å². The summed E-state index contributed by atoms with van der Waals surface area (Å²) in [6.45, 7) is 6.77. The number of hydrogen-bond donors (Lipinski definition) is 2. The Balaban J connectivity index is 0.00000220. The number of thiophene rings is 1. The summed E-state index contributed by atoms with van der Waals surface area (Å²) in [7, 11) is 1.92. The van der Waals surface area contributed by atoms with E-state index in [-0.39, 0.29) is 24.4 Å². The van der Waals surface area contributed by atoms with Crippen molar-refractivity contribution in [3.8, 4) is 0 Å². The first-order valence-corrected chi connectivity index (χ1v) is 7.72. The molecule has 2 heterocycles. The molecule has 0 aliphatic carbocycles. The van der Waals surface area contributed by atoms with Crippen molar-refractivity contribution >= 4 is 39.9 Å². The van der Waals surface area contributed by atoms with Crippen LogP contribution in [-0.4, -0.2) is 28.3 Å². The van der Waals surface area contributed by atoms with Crippen molar-refractivity contribution < 1.29 is 4.79 Å². The molecule has 0 bridgehead atoms. The fourth-order valence-electron chi connectivity index (χ4n) is 2.11. The number of aryl methyl sites for hydroxylation is 1. The lowest BCUT2D eigenvalue weighted by Crippen LogP contribution is -2.28. The molecule has 0 aromatic carbocycles. The molecule has 5 nitrogen and oxygen atoms in total. The molecule has 1 unspecified atom stereocenters. The van der Waals surface area contributed by atoms with Gasteiger partial charge in [-0.25, -0.2) is 0 Å². The second kappa shape index (κ2) is 7.24. The average Bonchev–Trinajstić information content (AvgIpc) is 2.89. The van der Waals surface area contributed by atoms with E-state index in [1.165, 1.54) is 11.3 Å². The maximum atomic E-state index is 12.1. The van der Waals surface area contributed by atoms with Crippen LogP contribution in [0.5, 0.6) is 0 Å². The molecule has 1 atom stereocenters. The van der Waals surface area contributed by atoms with Crippen LogP contribution >= 0.6 is 23.7 Å². The smallest absolute Gasteiger partial charge is 0.261 e. The van der Waals surface area contributed by atoms with Gasteiger partial charge in [-0.2, -0.15) is 5.10 Å². The van der Waals surface area contributed by atoms with Crippen molar-refractivity contribution in [2.75, 3.05) is 6.54 Å². The zero-order valence-corrected chi connectivity index (χ0v) is 14.5. The van der Waals surface area contributed by atoms with Gasteiger partial charge in [0.15, 0.2) is 0 Å². The number of nitrogens with one attached hydrogen (secondary N) is 1. The number of rotatable bonds is 5. The summed E-state index contributed by atoms with van der Waals surface area (Å²) >= 11 is 1.49. The van der Waals surface area contributed by atoms with E-state index in [0.29, 0.717) is 12.5 Å². The first kappa shape index (κ1) is 17.9. The van der Waals surface area contributed by atoms with E-state index in [4.69, 9.17) is 5.73 Å². The maximum absolute atomic E-state index is 12.1. The molecule has 2 rings (SSSR count). The van der Waals surface area contributed by atoms with Crippen molar-refractivity contribution in [3.05, 3.63) is 16.6 Å². The Labute approximate surface area is 135 Å². The Morgan fingerprint density at radius 3 is 2.71 bits per heavy atom. The van der Waals surface area contributed by atoms with Gasteiger partial charge in [0.25, 0.3) is 5.91 Å². The molecule has 7 heteroatoms. The minimum Gasteiger partial charge on any atom is -0.351 e. The van der Waals surface area contributed by atoms with Crippen molar-refractivity contribution in [1.29, 1.82) is 0 Å². The van der Waals surface area contributed by atoms with Crippen molar-refractivity contribution in [2.45, 2.75) is 39.2 Å². The number of nitrogens with two attached hydrogens (primary N) is 1. The number of halogens is 1. The molecule has 2 aromatic heterocycles. The van der Waals surface area contributed by atoms with Crippen molar-refractivity contribution in [1.82, 2.24) is 15.1 Å². The van der Waals surface area contributed by atoms with Gasteiger partial charge in [0, 0.05) is 25.0 Å². The maximum Gasteiger partial charge on any atom is 0.261 e. The SMILES string of the molecule is CC(N)CCNC(=O)c1cc2c(C(C)C)nn(C)c2s1.Cl. The summed E-state index contributed by atoms with van der Waals surface area (Å²) in [6.07, 6.45) is 0.787. The molecule has 0 radical (unpaired) electrons. The van der Waals surface area contributed by atoms with Crippen LogP contribution in [0.2, 0.25) is 0 Å². The predicted molar refractivity (Wildman–Crippen MR) is 90.5 cm³/mol. The predicted octanol–water partition coefficient (Wildman–Crippen LogP) is 2.65. The topological polar surface area (TPSA) is 72.9 Å². The third-order valence-electron chi connectivity index (χ3n) is 3.20. The number of amides is 1. The van der Waals surface area contributed by atoms with Gasteiger partial charge in [0.05, 0.1) is 10.6 Å². The first-order valence-electron chi connectivity index (χ1n) is 6.90. The third kappa shape index (κ3) is 3.96. The molecule has 1 amide bonds. The molecule has 0 fully saturated rings. The van der Waals surface area contributed by atoms with Crippen LogP contribution in [0.15, 0.2) is 6.07 Å². The monoisotopic (exact) mass is 330 g/mol. The zero-order valence-electron chi connectivity index (χ0n) is 12.8.